The predicted octanol–water partition coefficient (Wildman–Crippen LogP) is 3.64. The molecular weight excluding hydrogens is 242 g/mol. The van der Waals surface area contributed by atoms with Gasteiger partial charge in [0.25, 0.3) is 0 Å². The van der Waals surface area contributed by atoms with Gasteiger partial charge in [-0.15, -0.1) is 0 Å². The third-order valence-corrected chi connectivity index (χ3v) is 3.77. The molecule has 0 saturated carbocycles. The Kier molecular flexibility index (Phi) is 2.63. The number of amides is 1. The zero-order chi connectivity index (χ0) is 12.7. The lowest BCUT2D eigenvalue weighted by Gasteiger charge is -2.08. The Morgan fingerprint density at radius 2 is 1.83 bits per heavy atom. The van der Waals surface area contributed by atoms with Crippen LogP contribution >= 0.6 is 12.6 Å². The summed E-state index contributed by atoms with van der Waals surface area (Å²) < 4.78 is 0. The largest absolute Gasteiger partial charge is 0.326 e. The molecular formula is C15H13NOS. The van der Waals surface area contributed by atoms with E-state index in [0.717, 1.165) is 11.3 Å². The lowest BCUT2D eigenvalue weighted by atomic mass is 10.1. The molecule has 0 saturated heterocycles. The summed E-state index contributed by atoms with van der Waals surface area (Å²) in [7, 11) is 0. The van der Waals surface area contributed by atoms with Gasteiger partial charge in [0.1, 0.15) is 0 Å². The van der Waals surface area contributed by atoms with Crippen molar-refractivity contribution in [1.29, 1.82) is 0 Å². The summed E-state index contributed by atoms with van der Waals surface area (Å²) in [5.41, 5.74) is 5.66. The Bertz CT molecular complexity index is 636. The Hall–Kier alpha value is -1.74. The number of carbonyl (C=O) groups excluding carboxylic acids is 1. The smallest absolute Gasteiger partial charge is 0.221 e. The summed E-state index contributed by atoms with van der Waals surface area (Å²) in [5.74, 6) is -0.0545. The van der Waals surface area contributed by atoms with Crippen molar-refractivity contribution in [3.8, 4) is 11.1 Å². The zero-order valence-electron chi connectivity index (χ0n) is 9.97. The fourth-order valence-electron chi connectivity index (χ4n) is 2.46. The topological polar surface area (TPSA) is 29.1 Å². The van der Waals surface area contributed by atoms with Crippen molar-refractivity contribution in [3.63, 3.8) is 0 Å². The van der Waals surface area contributed by atoms with Crippen LogP contribution in [-0.2, 0) is 4.79 Å². The fourth-order valence-corrected chi connectivity index (χ4v) is 2.90. The van der Waals surface area contributed by atoms with Gasteiger partial charge in [0.05, 0.1) is 5.25 Å². The van der Waals surface area contributed by atoms with Gasteiger partial charge in [-0.3, -0.25) is 4.79 Å². The number of hydrogen-bond acceptors (Lipinski definition) is 2. The van der Waals surface area contributed by atoms with Crippen LogP contribution in [0.5, 0.6) is 0 Å². The normalized spacial score (nSPS) is 16.0. The third kappa shape index (κ3) is 1.71. The maximum absolute atomic E-state index is 11.1. The third-order valence-electron chi connectivity index (χ3n) is 3.21. The number of anilines is 1. The molecule has 1 aliphatic rings. The molecule has 2 nitrogen and oxygen atoms in total. The minimum Gasteiger partial charge on any atom is -0.326 e. The first-order chi connectivity index (χ1) is 8.66. The first kappa shape index (κ1) is 11.4. The van der Waals surface area contributed by atoms with E-state index in [1.807, 2.05) is 24.3 Å². The number of carbonyl (C=O) groups is 1. The van der Waals surface area contributed by atoms with Crippen LogP contribution in [0, 0.1) is 0 Å². The van der Waals surface area contributed by atoms with Crippen LogP contribution in [0.15, 0.2) is 42.5 Å². The van der Waals surface area contributed by atoms with Gasteiger partial charge >= 0.3 is 0 Å². The number of thiol groups is 1. The van der Waals surface area contributed by atoms with Crippen molar-refractivity contribution in [3.05, 3.63) is 53.6 Å². The minimum absolute atomic E-state index is 0.0545. The number of nitrogens with one attached hydrogen (secondary N) is 1. The van der Waals surface area contributed by atoms with E-state index in [0.29, 0.717) is 0 Å². The van der Waals surface area contributed by atoms with E-state index in [-0.39, 0.29) is 11.2 Å². The standard InChI is InChI=1S/C15H13NOS/c1-9(17)16-10-6-7-12-11-4-2-3-5-13(11)15(18)14(12)8-10/h2-8,15,18H,1H3,(H,16,17)/t15-/m0/s1. The summed E-state index contributed by atoms with van der Waals surface area (Å²) in [5, 5.41) is 2.90. The fraction of sp³-hybridized carbons (Fsp3) is 0.133. The first-order valence-electron chi connectivity index (χ1n) is 5.86. The Morgan fingerprint density at radius 1 is 1.11 bits per heavy atom. The summed E-state index contributed by atoms with van der Waals surface area (Å²) >= 11 is 4.68. The molecule has 18 heavy (non-hydrogen) atoms. The molecule has 0 bridgehead atoms. The van der Waals surface area contributed by atoms with Crippen LogP contribution < -0.4 is 5.32 Å². The molecule has 1 aliphatic carbocycles. The quantitative estimate of drug-likeness (QED) is 0.748. The summed E-state index contributed by atoms with van der Waals surface area (Å²) in [6.07, 6.45) is 0. The number of hydrogen-bond donors (Lipinski definition) is 2. The molecule has 0 spiro atoms. The van der Waals surface area contributed by atoms with Gasteiger partial charge in [0, 0.05) is 12.6 Å². The predicted molar refractivity (Wildman–Crippen MR) is 77.0 cm³/mol. The van der Waals surface area contributed by atoms with Crippen molar-refractivity contribution < 1.29 is 4.79 Å². The van der Waals surface area contributed by atoms with Crippen LogP contribution in [0.2, 0.25) is 0 Å². The summed E-state index contributed by atoms with van der Waals surface area (Å²) in [6.45, 7) is 1.51. The van der Waals surface area contributed by atoms with Crippen LogP contribution in [-0.4, -0.2) is 5.91 Å². The zero-order valence-corrected chi connectivity index (χ0v) is 10.9. The number of rotatable bonds is 1. The highest BCUT2D eigenvalue weighted by molar-refractivity contribution is 7.80. The lowest BCUT2D eigenvalue weighted by Crippen LogP contribution is -2.05. The number of fused-ring (bicyclic) bond motifs is 3. The molecule has 0 aliphatic heterocycles. The molecule has 2 aromatic rings. The Morgan fingerprint density at radius 3 is 2.61 bits per heavy atom. The molecule has 0 radical (unpaired) electrons. The highest BCUT2D eigenvalue weighted by atomic mass is 32.1. The van der Waals surface area contributed by atoms with Gasteiger partial charge in [0.15, 0.2) is 0 Å². The SMILES string of the molecule is CC(=O)Nc1ccc2c(c1)[C@@H](S)c1ccccc1-2. The second kappa shape index (κ2) is 4.18. The van der Waals surface area contributed by atoms with Gasteiger partial charge in [-0.2, -0.15) is 12.6 Å². The molecule has 1 atom stereocenters. The number of benzene rings is 2. The molecule has 0 aromatic heterocycles. The first-order valence-corrected chi connectivity index (χ1v) is 6.37. The van der Waals surface area contributed by atoms with Crippen molar-refractivity contribution >= 4 is 24.2 Å². The van der Waals surface area contributed by atoms with Crippen LogP contribution in [0.4, 0.5) is 5.69 Å². The molecule has 2 aromatic carbocycles. The van der Waals surface area contributed by atoms with Gasteiger partial charge in [0.2, 0.25) is 5.91 Å². The van der Waals surface area contributed by atoms with Crippen molar-refractivity contribution in [2.75, 3.05) is 5.32 Å². The van der Waals surface area contributed by atoms with Crippen LogP contribution in [0.1, 0.15) is 23.3 Å². The summed E-state index contributed by atoms with van der Waals surface area (Å²) in [4.78, 5) is 11.1. The molecule has 1 amide bonds. The second-order valence-corrected chi connectivity index (χ2v) is 4.99. The minimum atomic E-state index is -0.0545. The van der Waals surface area contributed by atoms with Gasteiger partial charge in [-0.25, -0.2) is 0 Å². The maximum Gasteiger partial charge on any atom is 0.221 e. The van der Waals surface area contributed by atoms with E-state index >= 15 is 0 Å². The van der Waals surface area contributed by atoms with Crippen molar-refractivity contribution in [1.82, 2.24) is 0 Å². The molecule has 90 valence electrons. The monoisotopic (exact) mass is 255 g/mol. The highest BCUT2D eigenvalue weighted by Crippen LogP contribution is 2.47. The highest BCUT2D eigenvalue weighted by Gasteiger charge is 2.25. The Labute approximate surface area is 111 Å². The molecule has 3 rings (SSSR count). The second-order valence-electron chi connectivity index (χ2n) is 4.47. The summed E-state index contributed by atoms with van der Waals surface area (Å²) in [6, 6.07) is 14.3. The van der Waals surface area contributed by atoms with E-state index in [2.05, 4.69) is 36.1 Å². The van der Waals surface area contributed by atoms with E-state index in [4.69, 9.17) is 0 Å². The van der Waals surface area contributed by atoms with Crippen molar-refractivity contribution in [2.45, 2.75) is 12.2 Å². The van der Waals surface area contributed by atoms with Gasteiger partial charge < -0.3 is 5.32 Å². The molecule has 0 heterocycles. The van der Waals surface area contributed by atoms with Crippen LogP contribution in [0.25, 0.3) is 11.1 Å². The maximum atomic E-state index is 11.1. The van der Waals surface area contributed by atoms with Gasteiger partial charge in [-0.1, -0.05) is 30.3 Å². The van der Waals surface area contributed by atoms with E-state index in [9.17, 15) is 4.79 Å². The average Bonchev–Trinajstić information content (AvgIpc) is 2.63. The Balaban J connectivity index is 2.10. The molecule has 0 unspecified atom stereocenters. The molecule has 3 heteroatoms. The van der Waals surface area contributed by atoms with E-state index in [1.54, 1.807) is 0 Å². The van der Waals surface area contributed by atoms with E-state index in [1.165, 1.54) is 23.6 Å². The lowest BCUT2D eigenvalue weighted by molar-refractivity contribution is -0.114. The molecule has 0 fully saturated rings. The van der Waals surface area contributed by atoms with Crippen molar-refractivity contribution in [2.24, 2.45) is 0 Å². The van der Waals surface area contributed by atoms with Gasteiger partial charge in [-0.05, 0) is 34.4 Å². The van der Waals surface area contributed by atoms with E-state index < -0.39 is 0 Å². The average molecular weight is 255 g/mol. The van der Waals surface area contributed by atoms with Crippen LogP contribution in [0.3, 0.4) is 0 Å². The molecule has 1 N–H and O–H groups in total.